The Labute approximate surface area is 717 Å². The van der Waals surface area contributed by atoms with E-state index in [0.717, 1.165) is 75.5 Å². The molecule has 0 saturated carbocycles. The van der Waals surface area contributed by atoms with Crippen molar-refractivity contribution in [2.75, 3.05) is 99.1 Å². The third kappa shape index (κ3) is 90.7. The molecule has 698 valence electrons. The van der Waals surface area contributed by atoms with E-state index in [1.807, 2.05) is 0 Å². The Bertz CT molecular complexity index is 2170. The van der Waals surface area contributed by atoms with Crippen LogP contribution in [0.4, 0.5) is 0 Å². The summed E-state index contributed by atoms with van der Waals surface area (Å²) in [7, 11) is -30.4. The molecule has 0 rings (SSSR count). The summed E-state index contributed by atoms with van der Waals surface area (Å²) in [6.45, 7) is 83.4. The zero-order chi connectivity index (χ0) is 89.0. The average molecular weight is 1920 g/mol. The van der Waals surface area contributed by atoms with Gasteiger partial charge in [0.2, 0.25) is 0 Å². The van der Waals surface area contributed by atoms with Gasteiger partial charge in [0, 0.05) is 45.1 Å². The molecule has 4 unspecified atom stereocenters. The van der Waals surface area contributed by atoms with Gasteiger partial charge in [-0.3, -0.25) is 0 Å². The van der Waals surface area contributed by atoms with Crippen LogP contribution < -0.4 is 0 Å². The van der Waals surface area contributed by atoms with Gasteiger partial charge in [0.15, 0.2) is 99.8 Å². The molecule has 0 radical (unpaired) electrons. The number of rotatable bonds is 60. The monoisotopic (exact) mass is 1920 g/mol. The maximum Gasteiger partial charge on any atom is 0.469 e. The summed E-state index contributed by atoms with van der Waals surface area (Å²) in [4.78, 5) is 0. The number of hydrogen-bond donors (Lipinski definition) is 10. The predicted molar refractivity (Wildman–Crippen MR) is 515 cm³/mol. The molecule has 0 fully saturated rings. The van der Waals surface area contributed by atoms with Gasteiger partial charge in [0.25, 0.3) is 0 Å². The molecule has 0 aromatic heterocycles. The van der Waals surface area contributed by atoms with E-state index in [2.05, 4.69) is 242 Å². The summed E-state index contributed by atoms with van der Waals surface area (Å²) in [5.41, 5.74) is 0. The average Bonchev–Trinajstić information content (AvgIpc) is 0.812. The SMILES string of the molecule is C.C.C[Si](C)(C)O[Si](C)(C)CCCOCC(O)CO.C[Si](C)(C)O[Si](C)(CCCCCOCC(O)CO)O[Si](C)(C)C.C[Si](C)(C)O[Si](C)(CCCCOCC(O)CO)O[Si](C)(C)C.C[Si](C)(C)O[Si](CCCOC(CO)CO)(O[Si](C)(C)C)O[Si](C)(C)C.C[Si](C)(C)O[Si](CCCOCC(O)CO)(O[Si](C)(C)C)O[Si](C)(C)C. The summed E-state index contributed by atoms with van der Waals surface area (Å²) < 4.78 is 98.5. The fraction of sp³-hybridized carbons (Fsp3) is 1.00. The van der Waals surface area contributed by atoms with Gasteiger partial charge >= 0.3 is 34.7 Å². The van der Waals surface area contributed by atoms with E-state index in [9.17, 15) is 15.3 Å². The van der Waals surface area contributed by atoms with Crippen LogP contribution in [0.3, 0.4) is 0 Å². The highest BCUT2D eigenvalue weighted by molar-refractivity contribution is 6.92. The van der Waals surface area contributed by atoms with Gasteiger partial charge in [-0.15, -0.1) is 0 Å². The van der Waals surface area contributed by atoms with Gasteiger partial charge in [0.05, 0.1) is 66.1 Å². The van der Waals surface area contributed by atoms with Crippen molar-refractivity contribution < 1.29 is 120 Å². The van der Waals surface area contributed by atoms with E-state index in [-0.39, 0.29) is 80.9 Å². The second-order valence-electron chi connectivity index (χ2n) is 40.8. The highest BCUT2D eigenvalue weighted by Crippen LogP contribution is 2.34. The summed E-state index contributed by atoms with van der Waals surface area (Å²) in [6.07, 6.45) is 3.85. The van der Waals surface area contributed by atoms with Gasteiger partial charge in [-0.25, -0.2) is 0 Å². The highest BCUT2D eigenvalue weighted by atomic mass is 28.5. The first-order chi connectivity index (χ1) is 50.1. The Morgan fingerprint density at radius 3 is 0.632 bits per heavy atom. The molecule has 10 N–H and O–H groups in total. The Hall–Kier alpha value is 2.43. The largest absolute Gasteiger partial charge is 0.469 e. The van der Waals surface area contributed by atoms with E-state index >= 15 is 0 Å². The maximum atomic E-state index is 9.35. The summed E-state index contributed by atoms with van der Waals surface area (Å²) in [5.74, 6) is 0. The van der Waals surface area contributed by atoms with Crippen molar-refractivity contribution in [3.05, 3.63) is 0 Å². The molecule has 42 heteroatoms. The van der Waals surface area contributed by atoms with Crippen molar-refractivity contribution in [3.8, 4) is 0 Å². The fourth-order valence-corrected chi connectivity index (χ4v) is 73.7. The smallest absolute Gasteiger partial charge is 0.456 e. The van der Waals surface area contributed by atoms with Gasteiger partial charge in [-0.1, -0.05) is 27.7 Å². The Kier molecular flexibility index (Phi) is 69.3. The zero-order valence-electron chi connectivity index (χ0n) is 78.7. The normalized spacial score (nSPS) is 14.7. The molecular weight excluding hydrogens is 1730 g/mol. The molecule has 0 aliphatic carbocycles. The molecule has 26 nitrogen and oxygen atoms in total. The van der Waals surface area contributed by atoms with Gasteiger partial charge < -0.3 is 120 Å². The van der Waals surface area contributed by atoms with E-state index < -0.39 is 165 Å². The van der Waals surface area contributed by atoms with Crippen LogP contribution >= 0.6 is 0 Å². The van der Waals surface area contributed by atoms with Crippen molar-refractivity contribution in [1.82, 2.24) is 0 Å². The highest BCUT2D eigenvalue weighted by Gasteiger charge is 2.52. The third-order valence-corrected chi connectivity index (χ3v) is 62.9. The number of ether oxygens (including phenoxy) is 5. The number of hydrogen-bond acceptors (Lipinski definition) is 26. The molecule has 114 heavy (non-hydrogen) atoms. The Balaban J connectivity index is -0.000000251. The Morgan fingerprint density at radius 2 is 0.412 bits per heavy atom. The lowest BCUT2D eigenvalue weighted by Crippen LogP contribution is -2.60. The minimum Gasteiger partial charge on any atom is -0.456 e. The number of unbranched alkanes of at least 4 members (excludes halogenated alkanes) is 3. The van der Waals surface area contributed by atoms with Crippen molar-refractivity contribution in [1.29, 1.82) is 0 Å². The molecule has 0 aliphatic rings. The molecule has 0 spiro atoms. The molecule has 0 aliphatic heterocycles. The van der Waals surface area contributed by atoms with Gasteiger partial charge in [0.1, 0.15) is 30.5 Å². The molecule has 0 saturated heterocycles. The first-order valence-electron chi connectivity index (χ1n) is 41.1. The van der Waals surface area contributed by atoms with Crippen molar-refractivity contribution in [2.24, 2.45) is 0 Å². The lowest BCUT2D eigenvalue weighted by atomic mass is 10.3. The molecule has 0 bridgehead atoms. The van der Waals surface area contributed by atoms with Gasteiger partial charge in [-0.2, -0.15) is 0 Å². The van der Waals surface area contributed by atoms with Crippen LogP contribution in [0.25, 0.3) is 0 Å². The lowest BCUT2D eigenvalue weighted by Gasteiger charge is -2.43. The summed E-state index contributed by atoms with van der Waals surface area (Å²) >= 11 is 0. The van der Waals surface area contributed by atoms with E-state index in [1.54, 1.807) is 0 Å². The predicted octanol–water partition coefficient (Wildman–Crippen LogP) is 15.8. The van der Waals surface area contributed by atoms with Gasteiger partial charge in [-0.05, 0) is 299 Å². The lowest BCUT2D eigenvalue weighted by molar-refractivity contribution is -0.0198. The van der Waals surface area contributed by atoms with Crippen molar-refractivity contribution in [3.63, 3.8) is 0 Å². The minimum atomic E-state index is -2.81. The first-order valence-corrected chi connectivity index (χ1v) is 90.6. The Morgan fingerprint density at radius 1 is 0.211 bits per heavy atom. The quantitative estimate of drug-likeness (QED) is 0.0200. The molecule has 0 amide bonds. The van der Waals surface area contributed by atoms with Crippen molar-refractivity contribution >= 4 is 135 Å². The van der Waals surface area contributed by atoms with Crippen LogP contribution in [-0.2, 0) is 69.0 Å². The van der Waals surface area contributed by atoms with Crippen molar-refractivity contribution in [2.45, 2.75) is 369 Å². The number of aliphatic hydroxyl groups is 10. The third-order valence-electron chi connectivity index (χ3n) is 13.3. The van der Waals surface area contributed by atoms with Crippen LogP contribution in [0.15, 0.2) is 0 Å². The number of aliphatic hydroxyl groups excluding tert-OH is 10. The van der Waals surface area contributed by atoms with Crippen LogP contribution in [-0.4, -0.2) is 315 Å². The first kappa shape index (κ1) is 130. The molecule has 4 atom stereocenters. The zero-order valence-corrected chi connectivity index (χ0v) is 94.7. The second kappa shape index (κ2) is 61.0. The van der Waals surface area contributed by atoms with Crippen LogP contribution in [0, 0.1) is 0 Å². The fourth-order valence-electron chi connectivity index (χ4n) is 11.2. The van der Waals surface area contributed by atoms with E-state index in [1.165, 1.54) is 0 Å². The molecule has 0 aromatic rings. The molecular formula is C72H190O26Si16. The second-order valence-corrected chi connectivity index (χ2v) is 110. The summed E-state index contributed by atoms with van der Waals surface area (Å²) in [6, 6.07) is 4.51. The van der Waals surface area contributed by atoms with Crippen LogP contribution in [0.5, 0.6) is 0 Å². The molecule has 0 heterocycles. The minimum absolute atomic E-state index is 0. The topological polar surface area (TPSA) is 350 Å². The van der Waals surface area contributed by atoms with Crippen LogP contribution in [0.1, 0.15) is 66.2 Å². The van der Waals surface area contributed by atoms with E-state index in [4.69, 9.17) is 105 Å². The van der Waals surface area contributed by atoms with Crippen LogP contribution in [0.2, 0.25) is 272 Å². The van der Waals surface area contributed by atoms with E-state index in [0.29, 0.717) is 39.1 Å². The maximum absolute atomic E-state index is 9.35. The standard InChI is InChI=1S/2C15H40O6Si4.C15H38O5Si3.C14H36O5Si3.C11H28O4Si2.2CH4/c1-22(2,3)19-25(20-23(4,5)6,21-24(7,8)9)12-10-11-18-14-15(17)13-16;1-22(2,3)19-25(20-23(4,5)6,21-24(7,8)9)12-10-11-18-15(13-16)14-17;1-21(2,3)19-23(7,20-22(4,5)6)12-10-8-9-11-18-14-15(17)13-16;1-20(2,3)18-22(7,19-21(4,5)6)11-9-8-10-17-13-14(16)12-15;1-16(2,3)15-17(4,5)8-6-7-14-10-11(13)9-12;;/h2*15-17H,10-14H2,1-9H3;15-17H,8-14H2,1-7H3;14-16H,8-13H2,1-7H3;11-13H,6-10H2,1-5H3;2*1H4. The summed E-state index contributed by atoms with van der Waals surface area (Å²) in [5, 5.41) is 89.9. The molecule has 0 aromatic carbocycles.